The van der Waals surface area contributed by atoms with E-state index in [4.69, 9.17) is 10.5 Å². The van der Waals surface area contributed by atoms with Crippen molar-refractivity contribution in [2.45, 2.75) is 24.3 Å². The summed E-state index contributed by atoms with van der Waals surface area (Å²) >= 11 is 0. The van der Waals surface area contributed by atoms with Gasteiger partial charge in [-0.15, -0.1) is 0 Å². The fourth-order valence-electron chi connectivity index (χ4n) is 1.55. The fraction of sp³-hybridized carbons (Fsp3) is 0.500. The highest BCUT2D eigenvalue weighted by atomic mass is 32.2. The van der Waals surface area contributed by atoms with Crippen LogP contribution in [0.15, 0.2) is 24.3 Å². The summed E-state index contributed by atoms with van der Waals surface area (Å²) in [7, 11) is -1.58. The van der Waals surface area contributed by atoms with Crippen molar-refractivity contribution in [1.29, 1.82) is 0 Å². The SMILES string of the molecule is COc1cccc(CS(=O)(=O)C(C)CCN)c1. The molecule has 0 aliphatic carbocycles. The molecule has 0 fully saturated rings. The van der Waals surface area contributed by atoms with Crippen LogP contribution in [0, 0.1) is 0 Å². The van der Waals surface area contributed by atoms with E-state index in [1.807, 2.05) is 0 Å². The van der Waals surface area contributed by atoms with E-state index in [9.17, 15) is 8.42 Å². The van der Waals surface area contributed by atoms with Crippen LogP contribution in [-0.2, 0) is 15.6 Å². The van der Waals surface area contributed by atoms with E-state index in [2.05, 4.69) is 0 Å². The van der Waals surface area contributed by atoms with Gasteiger partial charge in [-0.1, -0.05) is 12.1 Å². The molecule has 0 aromatic heterocycles. The second-order valence-corrected chi connectivity index (χ2v) is 6.47. The van der Waals surface area contributed by atoms with Crippen LogP contribution < -0.4 is 10.5 Å². The van der Waals surface area contributed by atoms with E-state index >= 15 is 0 Å². The first-order chi connectivity index (χ1) is 7.99. The maximum absolute atomic E-state index is 12.0. The summed E-state index contributed by atoms with van der Waals surface area (Å²) in [5, 5.41) is -0.404. The number of hydrogen-bond donors (Lipinski definition) is 1. The van der Waals surface area contributed by atoms with E-state index in [1.165, 1.54) is 0 Å². The van der Waals surface area contributed by atoms with Crippen molar-refractivity contribution in [3.63, 3.8) is 0 Å². The van der Waals surface area contributed by atoms with Gasteiger partial charge in [-0.25, -0.2) is 8.42 Å². The summed E-state index contributed by atoms with van der Waals surface area (Å²) < 4.78 is 29.0. The second-order valence-electron chi connectivity index (χ2n) is 4.05. The zero-order valence-corrected chi connectivity index (χ0v) is 11.0. The Balaban J connectivity index is 2.82. The molecule has 1 aromatic rings. The van der Waals surface area contributed by atoms with Gasteiger partial charge in [0.25, 0.3) is 0 Å². The molecular formula is C12H19NO3S. The van der Waals surface area contributed by atoms with Crippen LogP contribution in [0.5, 0.6) is 5.75 Å². The maximum Gasteiger partial charge on any atom is 0.157 e. The molecule has 4 nitrogen and oxygen atoms in total. The quantitative estimate of drug-likeness (QED) is 0.835. The average Bonchev–Trinajstić information content (AvgIpc) is 2.29. The number of rotatable bonds is 6. The predicted octanol–water partition coefficient (Wildman–Crippen LogP) is 1.35. The van der Waals surface area contributed by atoms with Crippen molar-refractivity contribution in [1.82, 2.24) is 0 Å². The molecule has 0 saturated heterocycles. The van der Waals surface area contributed by atoms with Crippen molar-refractivity contribution >= 4 is 9.84 Å². The molecule has 0 aliphatic rings. The number of ether oxygens (including phenoxy) is 1. The van der Waals surface area contributed by atoms with Gasteiger partial charge in [0, 0.05) is 0 Å². The molecule has 1 unspecified atom stereocenters. The highest BCUT2D eigenvalue weighted by molar-refractivity contribution is 7.91. The van der Waals surface area contributed by atoms with Crippen LogP contribution in [0.25, 0.3) is 0 Å². The summed E-state index contributed by atoms with van der Waals surface area (Å²) in [5.41, 5.74) is 6.12. The molecule has 1 atom stereocenters. The second kappa shape index (κ2) is 6.02. The van der Waals surface area contributed by atoms with E-state index in [0.29, 0.717) is 18.7 Å². The third-order valence-electron chi connectivity index (χ3n) is 2.69. The third-order valence-corrected chi connectivity index (χ3v) is 4.89. The number of sulfone groups is 1. The minimum absolute atomic E-state index is 0.0331. The summed E-state index contributed by atoms with van der Waals surface area (Å²) in [4.78, 5) is 0. The van der Waals surface area contributed by atoms with Crippen LogP contribution >= 0.6 is 0 Å². The van der Waals surface area contributed by atoms with Gasteiger partial charge in [0.15, 0.2) is 9.84 Å². The minimum atomic E-state index is -3.14. The molecule has 0 radical (unpaired) electrons. The van der Waals surface area contributed by atoms with Crippen LogP contribution in [0.4, 0.5) is 0 Å². The van der Waals surface area contributed by atoms with Gasteiger partial charge in [-0.05, 0) is 37.6 Å². The predicted molar refractivity (Wildman–Crippen MR) is 68.8 cm³/mol. The van der Waals surface area contributed by atoms with Gasteiger partial charge < -0.3 is 10.5 Å². The lowest BCUT2D eigenvalue weighted by Crippen LogP contribution is -2.22. The molecule has 1 aromatic carbocycles. The Morgan fingerprint density at radius 2 is 2.12 bits per heavy atom. The molecule has 5 heteroatoms. The summed E-state index contributed by atoms with van der Waals surface area (Å²) in [6.07, 6.45) is 0.492. The van der Waals surface area contributed by atoms with Gasteiger partial charge in [0.2, 0.25) is 0 Å². The van der Waals surface area contributed by atoms with E-state index in [0.717, 1.165) is 5.56 Å². The zero-order chi connectivity index (χ0) is 12.9. The van der Waals surface area contributed by atoms with Gasteiger partial charge in [0.05, 0.1) is 18.1 Å². The number of benzene rings is 1. The summed E-state index contributed by atoms with van der Waals surface area (Å²) in [6.45, 7) is 2.08. The summed E-state index contributed by atoms with van der Waals surface area (Å²) in [5.74, 6) is 0.704. The Morgan fingerprint density at radius 1 is 1.41 bits per heavy atom. The summed E-state index contributed by atoms with van der Waals surface area (Å²) in [6, 6.07) is 7.11. The van der Waals surface area contributed by atoms with Crippen molar-refractivity contribution in [2.24, 2.45) is 5.73 Å². The van der Waals surface area contributed by atoms with Crippen LogP contribution in [0.1, 0.15) is 18.9 Å². The molecule has 0 spiro atoms. The van der Waals surface area contributed by atoms with Crippen molar-refractivity contribution < 1.29 is 13.2 Å². The highest BCUT2D eigenvalue weighted by Crippen LogP contribution is 2.17. The first-order valence-corrected chi connectivity index (χ1v) is 7.25. The van der Waals surface area contributed by atoms with Crippen LogP contribution in [0.2, 0.25) is 0 Å². The number of methoxy groups -OCH3 is 1. The smallest absolute Gasteiger partial charge is 0.157 e. The minimum Gasteiger partial charge on any atom is -0.497 e. The standard InChI is InChI=1S/C12H19NO3S/c1-10(6-7-13)17(14,15)9-11-4-3-5-12(8-11)16-2/h3-5,8,10H,6-7,9,13H2,1-2H3. The largest absolute Gasteiger partial charge is 0.497 e. The average molecular weight is 257 g/mol. The van der Waals surface area contributed by atoms with Gasteiger partial charge in [-0.2, -0.15) is 0 Å². The Morgan fingerprint density at radius 3 is 2.71 bits per heavy atom. The molecule has 0 bridgehead atoms. The first kappa shape index (κ1) is 14.0. The number of nitrogens with two attached hydrogens (primary N) is 1. The lowest BCUT2D eigenvalue weighted by Gasteiger charge is -2.12. The van der Waals surface area contributed by atoms with Gasteiger partial charge in [-0.3, -0.25) is 0 Å². The monoisotopic (exact) mass is 257 g/mol. The molecular weight excluding hydrogens is 238 g/mol. The van der Waals surface area contributed by atoms with E-state index in [1.54, 1.807) is 38.3 Å². The third kappa shape index (κ3) is 4.02. The van der Waals surface area contributed by atoms with E-state index in [-0.39, 0.29) is 5.75 Å². The van der Waals surface area contributed by atoms with Gasteiger partial charge in [0.1, 0.15) is 5.75 Å². The van der Waals surface area contributed by atoms with E-state index < -0.39 is 15.1 Å². The van der Waals surface area contributed by atoms with Crippen molar-refractivity contribution in [3.8, 4) is 5.75 Å². The number of hydrogen-bond acceptors (Lipinski definition) is 4. The van der Waals surface area contributed by atoms with Gasteiger partial charge >= 0.3 is 0 Å². The molecule has 96 valence electrons. The Hall–Kier alpha value is -1.07. The van der Waals surface area contributed by atoms with Crippen LogP contribution in [0.3, 0.4) is 0 Å². The Kier molecular flexibility index (Phi) is 4.96. The maximum atomic E-state index is 12.0. The van der Waals surface area contributed by atoms with Crippen LogP contribution in [-0.4, -0.2) is 27.3 Å². The molecule has 0 heterocycles. The first-order valence-electron chi connectivity index (χ1n) is 5.54. The molecule has 0 aliphatic heterocycles. The topological polar surface area (TPSA) is 69.4 Å². The molecule has 0 amide bonds. The molecule has 1 rings (SSSR count). The molecule has 17 heavy (non-hydrogen) atoms. The van der Waals surface area contributed by atoms with Crippen molar-refractivity contribution in [3.05, 3.63) is 29.8 Å². The highest BCUT2D eigenvalue weighted by Gasteiger charge is 2.20. The normalized spacial score (nSPS) is 13.4. The van der Waals surface area contributed by atoms with Crippen molar-refractivity contribution in [2.75, 3.05) is 13.7 Å². The lowest BCUT2D eigenvalue weighted by atomic mass is 10.2. The zero-order valence-electron chi connectivity index (χ0n) is 10.2. The molecule has 0 saturated carbocycles. The Labute approximate surface area is 103 Å². The Bertz CT molecular complexity index is 457. The lowest BCUT2D eigenvalue weighted by molar-refractivity contribution is 0.414. The molecule has 2 N–H and O–H groups in total. The fourth-order valence-corrected chi connectivity index (χ4v) is 2.97.